The lowest BCUT2D eigenvalue weighted by Crippen LogP contribution is -2.42. The van der Waals surface area contributed by atoms with Crippen molar-refractivity contribution in [3.05, 3.63) is 84.2 Å². The van der Waals surface area contributed by atoms with Crippen molar-refractivity contribution < 1.29 is 13.9 Å². The molecule has 0 saturated carbocycles. The van der Waals surface area contributed by atoms with Crippen molar-refractivity contribution in [3.63, 3.8) is 0 Å². The molecule has 2 amide bonds. The molecule has 1 saturated heterocycles. The van der Waals surface area contributed by atoms with Crippen LogP contribution < -0.4 is 10.6 Å². The molecule has 1 fully saturated rings. The van der Waals surface area contributed by atoms with Crippen LogP contribution in [0.2, 0.25) is 0 Å². The van der Waals surface area contributed by atoms with Gasteiger partial charge in [0.2, 0.25) is 5.95 Å². The maximum Gasteiger partial charge on any atom is 0.320 e. The minimum atomic E-state index is -0.542. The lowest BCUT2D eigenvalue weighted by molar-refractivity contribution is 0.159. The summed E-state index contributed by atoms with van der Waals surface area (Å²) in [5, 5.41) is 16.3. The van der Waals surface area contributed by atoms with Crippen LogP contribution in [0.4, 0.5) is 15.0 Å². The smallest absolute Gasteiger partial charge is 0.320 e. The van der Waals surface area contributed by atoms with Crippen molar-refractivity contribution in [2.24, 2.45) is 7.05 Å². The maximum absolute atomic E-state index is 14.0. The number of aromatic nitrogens is 6. The van der Waals surface area contributed by atoms with Crippen molar-refractivity contribution in [1.82, 2.24) is 39.7 Å². The highest BCUT2D eigenvalue weighted by molar-refractivity contribution is 5.91. The molecule has 5 aromatic rings. The molecule has 4 aromatic heterocycles. The van der Waals surface area contributed by atoms with Crippen LogP contribution in [0.25, 0.3) is 28.0 Å². The molecular formula is C30H32FN9O2. The number of hydrogen-bond acceptors (Lipinski definition) is 7. The molecule has 2 N–H and O–H groups in total. The first-order chi connectivity index (χ1) is 20.4. The summed E-state index contributed by atoms with van der Waals surface area (Å²) < 4.78 is 22.7. The standard InChI is InChI=1S/C30H32FN9O2/c1-19-27(21-13-22-16-34-38(2)29(22)33-15-21)37-40(23-7-5-4-6-8-23)28(19)36-30(41)35-25-18-39(11-12-42-3)17-24(25)20-9-10-32-26(31)14-20/h4-10,13-16,24-25H,11-12,17-18H2,1-3H3,(H2,35,36,41)/t24-,25+/m1/s1. The number of carbonyl (C=O) groups excluding carboxylic acids is 1. The van der Waals surface area contributed by atoms with Crippen LogP contribution in [-0.4, -0.2) is 79.9 Å². The Balaban J connectivity index is 1.30. The molecule has 12 heteroatoms. The molecule has 1 aromatic carbocycles. The van der Waals surface area contributed by atoms with Gasteiger partial charge in [0.05, 0.1) is 30.2 Å². The first-order valence-electron chi connectivity index (χ1n) is 13.7. The van der Waals surface area contributed by atoms with E-state index in [9.17, 15) is 9.18 Å². The van der Waals surface area contributed by atoms with Crippen LogP contribution >= 0.6 is 0 Å². The van der Waals surface area contributed by atoms with E-state index in [0.29, 0.717) is 37.8 Å². The van der Waals surface area contributed by atoms with Crippen molar-refractivity contribution in [3.8, 4) is 16.9 Å². The number of pyridine rings is 2. The quantitative estimate of drug-likeness (QED) is 0.273. The first kappa shape index (κ1) is 27.5. The van der Waals surface area contributed by atoms with Crippen molar-refractivity contribution >= 4 is 22.9 Å². The second-order valence-corrected chi connectivity index (χ2v) is 10.5. The number of hydrogen-bond donors (Lipinski definition) is 2. The van der Waals surface area contributed by atoms with E-state index in [2.05, 4.69) is 30.6 Å². The van der Waals surface area contributed by atoms with Gasteiger partial charge >= 0.3 is 6.03 Å². The van der Waals surface area contributed by atoms with Gasteiger partial charge in [0, 0.05) is 68.6 Å². The third kappa shape index (κ3) is 5.46. The second-order valence-electron chi connectivity index (χ2n) is 10.5. The average molecular weight is 570 g/mol. The number of fused-ring (bicyclic) bond motifs is 1. The van der Waals surface area contributed by atoms with Crippen LogP contribution in [0.1, 0.15) is 17.0 Å². The average Bonchev–Trinajstić information content (AvgIpc) is 3.67. The van der Waals surface area contributed by atoms with Gasteiger partial charge in [-0.05, 0) is 42.8 Å². The van der Waals surface area contributed by atoms with Gasteiger partial charge in [0.25, 0.3) is 0 Å². The zero-order valence-electron chi connectivity index (χ0n) is 23.7. The second kappa shape index (κ2) is 11.7. The summed E-state index contributed by atoms with van der Waals surface area (Å²) in [5.74, 6) is -0.112. The Bertz CT molecular complexity index is 1720. The van der Waals surface area contributed by atoms with E-state index in [1.54, 1.807) is 34.9 Å². The third-order valence-electron chi connectivity index (χ3n) is 7.70. The van der Waals surface area contributed by atoms with Gasteiger partial charge in [-0.25, -0.2) is 19.4 Å². The van der Waals surface area contributed by atoms with Gasteiger partial charge in [-0.2, -0.15) is 14.6 Å². The molecule has 0 bridgehead atoms. The summed E-state index contributed by atoms with van der Waals surface area (Å²) in [4.78, 5) is 24.1. The zero-order valence-corrected chi connectivity index (χ0v) is 23.7. The van der Waals surface area contributed by atoms with Gasteiger partial charge in [-0.15, -0.1) is 0 Å². The number of nitrogens with zero attached hydrogens (tertiary/aromatic N) is 7. The fourth-order valence-electron chi connectivity index (χ4n) is 5.58. The Morgan fingerprint density at radius 1 is 1.12 bits per heavy atom. The van der Waals surface area contributed by atoms with Crippen LogP contribution in [0, 0.1) is 12.9 Å². The number of aryl methyl sites for hydroxylation is 1. The highest BCUT2D eigenvalue weighted by atomic mass is 19.1. The van der Waals surface area contributed by atoms with Gasteiger partial charge < -0.3 is 10.1 Å². The summed E-state index contributed by atoms with van der Waals surface area (Å²) >= 11 is 0. The summed E-state index contributed by atoms with van der Waals surface area (Å²) in [6, 6.07) is 14.2. The number of likely N-dealkylation sites (tertiary alicyclic amines) is 1. The lowest BCUT2D eigenvalue weighted by Gasteiger charge is -2.21. The van der Waals surface area contributed by atoms with E-state index in [0.717, 1.165) is 33.4 Å². The largest absolute Gasteiger partial charge is 0.383 e. The number of rotatable bonds is 8. The SMILES string of the molecule is COCCN1C[C@H](NC(=O)Nc2c(C)c(-c3cnc4c(cnn4C)c3)nn2-c2ccccc2)[C@@H](c2ccnc(F)c2)C1. The number of benzene rings is 1. The molecule has 1 aliphatic heterocycles. The highest BCUT2D eigenvalue weighted by Crippen LogP contribution is 2.32. The number of carbonyl (C=O) groups is 1. The number of amides is 2. The van der Waals surface area contributed by atoms with Gasteiger partial charge in [-0.3, -0.25) is 14.9 Å². The first-order valence-corrected chi connectivity index (χ1v) is 13.7. The molecule has 6 rings (SSSR count). The fourth-order valence-corrected chi connectivity index (χ4v) is 5.58. The molecule has 1 aliphatic rings. The summed E-state index contributed by atoms with van der Waals surface area (Å²) in [7, 11) is 3.51. The zero-order chi connectivity index (χ0) is 29.2. The lowest BCUT2D eigenvalue weighted by atomic mass is 9.95. The molecule has 42 heavy (non-hydrogen) atoms. The number of anilines is 1. The van der Waals surface area contributed by atoms with Gasteiger partial charge in [-0.1, -0.05) is 18.2 Å². The van der Waals surface area contributed by atoms with Crippen molar-refractivity contribution in [2.75, 3.05) is 38.7 Å². The summed E-state index contributed by atoms with van der Waals surface area (Å²) in [6.45, 7) is 4.46. The van der Waals surface area contributed by atoms with Crippen LogP contribution in [0.3, 0.4) is 0 Å². The van der Waals surface area contributed by atoms with E-state index in [1.807, 2.05) is 50.4 Å². The van der Waals surface area contributed by atoms with Crippen LogP contribution in [0.15, 0.2) is 67.1 Å². The minimum absolute atomic E-state index is 0.113. The number of nitrogens with one attached hydrogen (secondary N) is 2. The van der Waals surface area contributed by atoms with E-state index >= 15 is 0 Å². The van der Waals surface area contributed by atoms with Gasteiger partial charge in [0.1, 0.15) is 5.82 Å². The van der Waals surface area contributed by atoms with Crippen molar-refractivity contribution in [1.29, 1.82) is 0 Å². The molecule has 0 radical (unpaired) electrons. The molecule has 5 heterocycles. The Kier molecular flexibility index (Phi) is 7.64. The number of methoxy groups -OCH3 is 1. The van der Waals surface area contributed by atoms with Crippen molar-refractivity contribution in [2.45, 2.75) is 18.9 Å². The van der Waals surface area contributed by atoms with Crippen LogP contribution in [-0.2, 0) is 11.8 Å². The number of urea groups is 1. The predicted octanol–water partition coefficient (Wildman–Crippen LogP) is 3.90. The number of ether oxygens (including phenoxy) is 1. The van der Waals surface area contributed by atoms with E-state index in [1.165, 1.54) is 12.3 Å². The van der Waals surface area contributed by atoms with E-state index < -0.39 is 5.95 Å². The maximum atomic E-state index is 14.0. The van der Waals surface area contributed by atoms with Gasteiger partial charge in [0.15, 0.2) is 5.65 Å². The molecule has 2 atom stereocenters. The Labute approximate surface area is 242 Å². The van der Waals surface area contributed by atoms with Crippen LogP contribution in [0.5, 0.6) is 0 Å². The third-order valence-corrected chi connectivity index (χ3v) is 7.70. The Hall–Kier alpha value is -4.68. The monoisotopic (exact) mass is 569 g/mol. The van der Waals surface area contributed by atoms with E-state index in [-0.39, 0.29) is 18.0 Å². The molecule has 0 aliphatic carbocycles. The molecular weight excluding hydrogens is 537 g/mol. The molecule has 0 unspecified atom stereocenters. The molecule has 0 spiro atoms. The summed E-state index contributed by atoms with van der Waals surface area (Å²) in [5.41, 5.74) is 4.67. The Morgan fingerprint density at radius 2 is 1.95 bits per heavy atom. The van der Waals surface area contributed by atoms with E-state index in [4.69, 9.17) is 9.84 Å². The minimum Gasteiger partial charge on any atom is -0.383 e. The number of halogens is 1. The molecule has 216 valence electrons. The molecule has 11 nitrogen and oxygen atoms in total. The Morgan fingerprint density at radius 3 is 2.74 bits per heavy atom. The predicted molar refractivity (Wildman–Crippen MR) is 157 cm³/mol. The fraction of sp³-hybridized carbons (Fsp3) is 0.300. The highest BCUT2D eigenvalue weighted by Gasteiger charge is 2.35. The topological polar surface area (TPSA) is 115 Å². The number of para-hydroxylation sites is 1. The normalized spacial score (nSPS) is 17.1. The summed E-state index contributed by atoms with van der Waals surface area (Å²) in [6.07, 6.45) is 5.00.